The third-order valence-electron chi connectivity index (χ3n) is 7.21. The van der Waals surface area contributed by atoms with Gasteiger partial charge in [-0.25, -0.2) is 9.37 Å². The Balaban J connectivity index is 1.32. The van der Waals surface area contributed by atoms with E-state index < -0.39 is 17.1 Å². The van der Waals surface area contributed by atoms with Crippen molar-refractivity contribution in [2.24, 2.45) is 0 Å². The number of carbonyl (C=O) groups excluding carboxylic acids is 3. The van der Waals surface area contributed by atoms with Crippen LogP contribution < -0.4 is 30.2 Å². The molecule has 1 atom stereocenters. The van der Waals surface area contributed by atoms with Crippen LogP contribution in [-0.2, 0) is 9.59 Å². The molecule has 3 amide bonds. The fourth-order valence-electron chi connectivity index (χ4n) is 4.66. The highest BCUT2D eigenvalue weighted by atomic mass is 32.2. The molecule has 1 unspecified atom stereocenters. The lowest BCUT2D eigenvalue weighted by molar-refractivity contribution is -0.115. The van der Waals surface area contributed by atoms with Gasteiger partial charge in [0.1, 0.15) is 17.3 Å². The monoisotopic (exact) mass is 712 g/mol. The highest BCUT2D eigenvalue weighted by molar-refractivity contribution is 8.00. The van der Waals surface area contributed by atoms with Gasteiger partial charge in [0.25, 0.3) is 11.8 Å². The van der Waals surface area contributed by atoms with E-state index in [1.165, 1.54) is 62.6 Å². The quantitative estimate of drug-likeness (QED) is 0.0846. The maximum absolute atomic E-state index is 13.7. The largest absolute Gasteiger partial charge is 0.496 e. The second-order valence-corrected chi connectivity index (χ2v) is 12.9. The highest BCUT2D eigenvalue weighted by Gasteiger charge is 2.20. The Labute approximate surface area is 296 Å². The summed E-state index contributed by atoms with van der Waals surface area (Å²) in [5.74, 6) is -0.465. The number of nitrogens with one attached hydrogen (secondary N) is 3. The van der Waals surface area contributed by atoms with Crippen molar-refractivity contribution in [3.05, 3.63) is 119 Å². The number of hydrogen-bond donors (Lipinski definition) is 3. The topological polar surface area (TPSA) is 128 Å². The molecule has 0 saturated heterocycles. The van der Waals surface area contributed by atoms with E-state index in [-0.39, 0.29) is 17.4 Å². The first-order chi connectivity index (χ1) is 24.2. The molecule has 50 heavy (non-hydrogen) atoms. The molecule has 1 heterocycles. The zero-order valence-corrected chi connectivity index (χ0v) is 29.1. The minimum Gasteiger partial charge on any atom is -0.496 e. The van der Waals surface area contributed by atoms with Crippen molar-refractivity contribution in [1.29, 1.82) is 0 Å². The Morgan fingerprint density at radius 2 is 1.54 bits per heavy atom. The Bertz CT molecular complexity index is 2020. The number of rotatable bonds is 13. The molecule has 0 saturated carbocycles. The van der Waals surface area contributed by atoms with Crippen molar-refractivity contribution in [2.45, 2.75) is 17.1 Å². The van der Waals surface area contributed by atoms with Crippen molar-refractivity contribution in [3.63, 3.8) is 0 Å². The van der Waals surface area contributed by atoms with E-state index in [9.17, 15) is 18.8 Å². The molecule has 0 aliphatic heterocycles. The standard InChI is InChI=1S/C37H33FN4O6S2/c1-22(34(43)42-37-41-30(21-49-37)23-13-15-26(38)16-14-23)50-28-12-8-11-27(19-28)39-36(45)29(40-35(44)24-9-6-5-7-10-24)17-25-18-32(47-3)33(48-4)20-31(25)46-2/h5-22H,1-4H3,(H,39,45)(H,40,44)(H,41,42,43)/b29-17+. The lowest BCUT2D eigenvalue weighted by atomic mass is 10.1. The number of amides is 3. The van der Waals surface area contributed by atoms with Gasteiger partial charge in [-0.05, 0) is 73.7 Å². The van der Waals surface area contributed by atoms with Crippen LogP contribution in [0, 0.1) is 5.82 Å². The summed E-state index contributed by atoms with van der Waals surface area (Å²) in [7, 11) is 4.47. The zero-order valence-electron chi connectivity index (χ0n) is 27.5. The van der Waals surface area contributed by atoms with Gasteiger partial charge in [0.05, 0.1) is 32.3 Å². The molecule has 0 radical (unpaired) electrons. The van der Waals surface area contributed by atoms with Crippen molar-refractivity contribution in [1.82, 2.24) is 10.3 Å². The summed E-state index contributed by atoms with van der Waals surface area (Å²) >= 11 is 2.57. The molecule has 0 bridgehead atoms. The Kier molecular flexibility index (Phi) is 11.9. The predicted molar refractivity (Wildman–Crippen MR) is 195 cm³/mol. The van der Waals surface area contributed by atoms with Gasteiger partial charge >= 0.3 is 0 Å². The van der Waals surface area contributed by atoms with Crippen LogP contribution in [0.5, 0.6) is 17.2 Å². The van der Waals surface area contributed by atoms with Crippen LogP contribution in [0.4, 0.5) is 15.2 Å². The molecular formula is C37H33FN4O6S2. The van der Waals surface area contributed by atoms with Crippen LogP contribution in [0.3, 0.4) is 0 Å². The number of thiazole rings is 1. The Hall–Kier alpha value is -5.66. The van der Waals surface area contributed by atoms with Crippen molar-refractivity contribution in [3.8, 4) is 28.5 Å². The Morgan fingerprint density at radius 1 is 0.840 bits per heavy atom. The molecule has 0 aliphatic rings. The number of carbonyl (C=O) groups is 3. The van der Waals surface area contributed by atoms with Gasteiger partial charge in [0.15, 0.2) is 16.6 Å². The smallest absolute Gasteiger partial charge is 0.272 e. The number of anilines is 2. The SMILES string of the molecule is COc1cc(OC)c(OC)cc1/C=C(/NC(=O)c1ccccc1)C(=O)Nc1cccc(SC(C)C(=O)Nc2nc(-c3ccc(F)cc3)cs2)c1. The third-order valence-corrected chi connectivity index (χ3v) is 9.06. The average molecular weight is 713 g/mol. The second-order valence-electron chi connectivity index (χ2n) is 10.6. The minimum absolute atomic E-state index is 0.0568. The summed E-state index contributed by atoms with van der Waals surface area (Å²) in [6.07, 6.45) is 1.49. The number of hydrogen-bond acceptors (Lipinski definition) is 9. The maximum atomic E-state index is 13.7. The lowest BCUT2D eigenvalue weighted by Gasteiger charge is -2.15. The molecule has 1 aromatic heterocycles. The van der Waals surface area contributed by atoms with Crippen molar-refractivity contribution < 1.29 is 33.0 Å². The van der Waals surface area contributed by atoms with Gasteiger partial charge in [-0.2, -0.15) is 0 Å². The summed E-state index contributed by atoms with van der Waals surface area (Å²) in [6.45, 7) is 1.76. The molecule has 3 N–H and O–H groups in total. The molecule has 256 valence electrons. The number of benzene rings is 4. The van der Waals surface area contributed by atoms with Crippen molar-refractivity contribution >= 4 is 57.7 Å². The first-order valence-corrected chi connectivity index (χ1v) is 16.9. The van der Waals surface area contributed by atoms with E-state index in [1.54, 1.807) is 85.1 Å². The fourth-order valence-corrected chi connectivity index (χ4v) is 6.31. The van der Waals surface area contributed by atoms with Gasteiger partial charge < -0.3 is 30.2 Å². The van der Waals surface area contributed by atoms with Gasteiger partial charge in [-0.15, -0.1) is 23.1 Å². The first-order valence-electron chi connectivity index (χ1n) is 15.2. The molecular weight excluding hydrogens is 680 g/mol. The minimum atomic E-state index is -0.597. The number of halogens is 1. The maximum Gasteiger partial charge on any atom is 0.272 e. The predicted octanol–water partition coefficient (Wildman–Crippen LogP) is 7.50. The average Bonchev–Trinajstić information content (AvgIpc) is 3.60. The summed E-state index contributed by atoms with van der Waals surface area (Å²) in [6, 6.07) is 24.7. The van der Waals surface area contributed by atoms with Crippen LogP contribution in [-0.4, -0.2) is 49.3 Å². The zero-order chi connectivity index (χ0) is 35.6. The van der Waals surface area contributed by atoms with Crippen LogP contribution in [0.2, 0.25) is 0 Å². The fraction of sp³-hybridized carbons (Fsp3) is 0.135. The van der Waals surface area contributed by atoms with E-state index in [4.69, 9.17) is 14.2 Å². The van der Waals surface area contributed by atoms with E-state index in [0.717, 1.165) is 10.5 Å². The summed E-state index contributed by atoms with van der Waals surface area (Å²) in [5, 5.41) is 10.1. The highest BCUT2D eigenvalue weighted by Crippen LogP contribution is 2.36. The summed E-state index contributed by atoms with van der Waals surface area (Å²) < 4.78 is 29.6. The summed E-state index contributed by atoms with van der Waals surface area (Å²) in [5.41, 5.74) is 2.57. The van der Waals surface area contributed by atoms with Gasteiger partial charge in [-0.3, -0.25) is 14.4 Å². The van der Waals surface area contributed by atoms with Crippen molar-refractivity contribution in [2.75, 3.05) is 32.0 Å². The molecule has 0 aliphatic carbocycles. The van der Waals surface area contributed by atoms with E-state index in [1.807, 2.05) is 6.07 Å². The lowest BCUT2D eigenvalue weighted by Crippen LogP contribution is -2.30. The number of thioether (sulfide) groups is 1. The van der Waals surface area contributed by atoms with Crippen LogP contribution in [0.1, 0.15) is 22.8 Å². The first kappa shape index (κ1) is 35.6. The number of aromatic nitrogens is 1. The Morgan fingerprint density at radius 3 is 2.24 bits per heavy atom. The van der Waals surface area contributed by atoms with Gasteiger partial charge in [0, 0.05) is 38.7 Å². The number of methoxy groups -OCH3 is 3. The van der Waals surface area contributed by atoms with E-state index >= 15 is 0 Å². The second kappa shape index (κ2) is 16.6. The molecule has 5 rings (SSSR count). The van der Waals surface area contributed by atoms with E-state index in [0.29, 0.717) is 44.9 Å². The molecule has 0 fully saturated rings. The molecule has 0 spiro atoms. The molecule has 4 aromatic carbocycles. The van der Waals surface area contributed by atoms with Crippen LogP contribution in [0.15, 0.2) is 107 Å². The van der Waals surface area contributed by atoms with Crippen LogP contribution in [0.25, 0.3) is 17.3 Å². The van der Waals surface area contributed by atoms with Gasteiger partial charge in [0.2, 0.25) is 5.91 Å². The van der Waals surface area contributed by atoms with E-state index in [2.05, 4.69) is 20.9 Å². The van der Waals surface area contributed by atoms with Gasteiger partial charge in [-0.1, -0.05) is 24.3 Å². The molecule has 10 nitrogen and oxygen atoms in total. The van der Waals surface area contributed by atoms with Crippen LogP contribution >= 0.6 is 23.1 Å². The molecule has 13 heteroatoms. The number of ether oxygens (including phenoxy) is 3. The number of nitrogens with zero attached hydrogens (tertiary/aromatic N) is 1. The third kappa shape index (κ3) is 9.07. The normalized spacial score (nSPS) is 11.7. The molecule has 5 aromatic rings. The summed E-state index contributed by atoms with van der Waals surface area (Å²) in [4.78, 5) is 45.1.